The highest BCUT2D eigenvalue weighted by atomic mass is 16.5. The van der Waals surface area contributed by atoms with Crippen molar-refractivity contribution < 1.29 is 14.3 Å². The van der Waals surface area contributed by atoms with E-state index in [0.717, 1.165) is 44.2 Å². The molecule has 0 atom stereocenters. The second kappa shape index (κ2) is 7.21. The van der Waals surface area contributed by atoms with Gasteiger partial charge in [0.1, 0.15) is 0 Å². The molecule has 0 aliphatic carbocycles. The molecule has 1 aliphatic rings. The van der Waals surface area contributed by atoms with Crippen LogP contribution >= 0.6 is 0 Å². The highest BCUT2D eigenvalue weighted by Gasteiger charge is 2.27. The van der Waals surface area contributed by atoms with Crippen molar-refractivity contribution in [2.24, 2.45) is 0 Å². The zero-order valence-corrected chi connectivity index (χ0v) is 14.9. The molecule has 5 heteroatoms. The summed E-state index contributed by atoms with van der Waals surface area (Å²) in [7, 11) is 3.31. The fraction of sp³-hybridized carbons (Fsp3) is 0.611. The standard InChI is InChI=1S/C18H28N2O3/c1-14(21)20-10-8-19(9-11-20)13-18(2,3)15-6-7-16(22-4)17(12-15)23-5/h6-7,12H,8-11,13H2,1-5H3. The van der Waals surface area contributed by atoms with Crippen molar-refractivity contribution in [1.82, 2.24) is 9.80 Å². The van der Waals surface area contributed by atoms with E-state index in [1.807, 2.05) is 11.0 Å². The van der Waals surface area contributed by atoms with E-state index < -0.39 is 0 Å². The molecule has 0 N–H and O–H groups in total. The lowest BCUT2D eigenvalue weighted by Crippen LogP contribution is -2.50. The topological polar surface area (TPSA) is 42.0 Å². The van der Waals surface area contributed by atoms with Gasteiger partial charge in [-0.3, -0.25) is 9.69 Å². The van der Waals surface area contributed by atoms with E-state index in [4.69, 9.17) is 9.47 Å². The smallest absolute Gasteiger partial charge is 0.219 e. The van der Waals surface area contributed by atoms with Gasteiger partial charge in [0, 0.05) is 45.1 Å². The number of methoxy groups -OCH3 is 2. The largest absolute Gasteiger partial charge is 0.493 e. The minimum absolute atomic E-state index is 0.00204. The molecular weight excluding hydrogens is 292 g/mol. The molecule has 0 saturated carbocycles. The summed E-state index contributed by atoms with van der Waals surface area (Å²) in [5.74, 6) is 1.69. The van der Waals surface area contributed by atoms with Crippen LogP contribution in [0.4, 0.5) is 0 Å². The number of benzene rings is 1. The average Bonchev–Trinajstić information content (AvgIpc) is 2.54. The van der Waals surface area contributed by atoms with Crippen LogP contribution < -0.4 is 9.47 Å². The van der Waals surface area contributed by atoms with E-state index in [1.165, 1.54) is 5.56 Å². The van der Waals surface area contributed by atoms with E-state index in [0.29, 0.717) is 0 Å². The lowest BCUT2D eigenvalue weighted by molar-refractivity contribution is -0.130. The van der Waals surface area contributed by atoms with Crippen molar-refractivity contribution in [3.8, 4) is 11.5 Å². The van der Waals surface area contributed by atoms with Crippen LogP contribution in [0, 0.1) is 0 Å². The van der Waals surface area contributed by atoms with Crippen LogP contribution in [0.25, 0.3) is 0 Å². The molecule has 23 heavy (non-hydrogen) atoms. The fourth-order valence-corrected chi connectivity index (χ4v) is 3.13. The van der Waals surface area contributed by atoms with Crippen LogP contribution in [0.3, 0.4) is 0 Å². The summed E-state index contributed by atoms with van der Waals surface area (Å²) in [6, 6.07) is 6.13. The van der Waals surface area contributed by atoms with E-state index in [2.05, 4.69) is 30.9 Å². The van der Waals surface area contributed by atoms with Gasteiger partial charge in [-0.15, -0.1) is 0 Å². The molecule has 1 aliphatic heterocycles. The lowest BCUT2D eigenvalue weighted by Gasteiger charge is -2.39. The van der Waals surface area contributed by atoms with Crippen LogP contribution in [0.1, 0.15) is 26.3 Å². The molecule has 0 radical (unpaired) electrons. The quantitative estimate of drug-likeness (QED) is 0.834. The molecule has 1 fully saturated rings. The third-order valence-electron chi connectivity index (χ3n) is 4.60. The van der Waals surface area contributed by atoms with E-state index in [9.17, 15) is 4.79 Å². The number of carbonyl (C=O) groups is 1. The monoisotopic (exact) mass is 320 g/mol. The van der Waals surface area contributed by atoms with Gasteiger partial charge in [0.25, 0.3) is 0 Å². The van der Waals surface area contributed by atoms with E-state index in [1.54, 1.807) is 21.1 Å². The summed E-state index contributed by atoms with van der Waals surface area (Å²) < 4.78 is 10.7. The Labute approximate surface area is 139 Å². The van der Waals surface area contributed by atoms with Gasteiger partial charge in [-0.1, -0.05) is 19.9 Å². The number of piperazine rings is 1. The van der Waals surface area contributed by atoms with Gasteiger partial charge in [-0.2, -0.15) is 0 Å². The zero-order chi connectivity index (χ0) is 17.0. The number of hydrogen-bond acceptors (Lipinski definition) is 4. The fourth-order valence-electron chi connectivity index (χ4n) is 3.13. The summed E-state index contributed by atoms with van der Waals surface area (Å²) in [4.78, 5) is 15.8. The molecule has 0 unspecified atom stereocenters. The maximum atomic E-state index is 11.4. The maximum absolute atomic E-state index is 11.4. The number of nitrogens with zero attached hydrogens (tertiary/aromatic N) is 2. The first kappa shape index (κ1) is 17.6. The Morgan fingerprint density at radius 3 is 2.22 bits per heavy atom. The van der Waals surface area contributed by atoms with Gasteiger partial charge in [0.15, 0.2) is 11.5 Å². The van der Waals surface area contributed by atoms with Crippen LogP contribution in [0.15, 0.2) is 18.2 Å². The first-order valence-electron chi connectivity index (χ1n) is 8.08. The third kappa shape index (κ3) is 4.16. The SMILES string of the molecule is COc1ccc(C(C)(C)CN2CCN(C(C)=O)CC2)cc1OC. The minimum atomic E-state index is -0.00204. The number of carbonyl (C=O) groups excluding carboxylic acids is 1. The molecule has 128 valence electrons. The normalized spacial score (nSPS) is 16.3. The van der Waals surface area contributed by atoms with E-state index in [-0.39, 0.29) is 11.3 Å². The van der Waals surface area contributed by atoms with Crippen LogP contribution in [-0.2, 0) is 10.2 Å². The molecule has 1 aromatic rings. The Bertz CT molecular complexity index is 549. The molecule has 1 saturated heterocycles. The predicted molar refractivity (Wildman–Crippen MR) is 91.3 cm³/mol. The summed E-state index contributed by atoms with van der Waals surface area (Å²) in [6.07, 6.45) is 0. The Kier molecular flexibility index (Phi) is 5.52. The second-order valence-electron chi connectivity index (χ2n) is 6.74. The molecule has 1 amide bonds. The number of amides is 1. The van der Waals surface area contributed by atoms with Crippen molar-refractivity contribution >= 4 is 5.91 Å². The van der Waals surface area contributed by atoms with Crippen LogP contribution in [0.5, 0.6) is 11.5 Å². The number of rotatable bonds is 5. The predicted octanol–water partition coefficient (Wildman–Crippen LogP) is 2.15. The van der Waals surface area contributed by atoms with Crippen LogP contribution in [0.2, 0.25) is 0 Å². The number of hydrogen-bond donors (Lipinski definition) is 0. The zero-order valence-electron chi connectivity index (χ0n) is 14.9. The Morgan fingerprint density at radius 1 is 1.09 bits per heavy atom. The highest BCUT2D eigenvalue weighted by Crippen LogP contribution is 2.33. The maximum Gasteiger partial charge on any atom is 0.219 e. The highest BCUT2D eigenvalue weighted by molar-refractivity contribution is 5.73. The molecule has 1 aromatic carbocycles. The Morgan fingerprint density at radius 2 is 1.70 bits per heavy atom. The van der Waals surface area contributed by atoms with Crippen molar-refractivity contribution in [2.75, 3.05) is 46.9 Å². The van der Waals surface area contributed by atoms with Crippen molar-refractivity contribution in [1.29, 1.82) is 0 Å². The molecule has 1 heterocycles. The lowest BCUT2D eigenvalue weighted by atomic mass is 9.83. The molecule has 0 aromatic heterocycles. The van der Waals surface area contributed by atoms with Gasteiger partial charge < -0.3 is 14.4 Å². The molecule has 2 rings (SSSR count). The van der Waals surface area contributed by atoms with Gasteiger partial charge in [0.05, 0.1) is 14.2 Å². The number of ether oxygens (including phenoxy) is 2. The molecule has 0 spiro atoms. The van der Waals surface area contributed by atoms with Crippen LogP contribution in [-0.4, -0.2) is 62.7 Å². The summed E-state index contributed by atoms with van der Waals surface area (Å²) in [5, 5.41) is 0. The molecule has 0 bridgehead atoms. The summed E-state index contributed by atoms with van der Waals surface area (Å²) in [6.45, 7) is 10.6. The molecular formula is C18H28N2O3. The first-order chi connectivity index (χ1) is 10.9. The average molecular weight is 320 g/mol. The third-order valence-corrected chi connectivity index (χ3v) is 4.60. The van der Waals surface area contributed by atoms with E-state index >= 15 is 0 Å². The molecule has 5 nitrogen and oxygen atoms in total. The first-order valence-corrected chi connectivity index (χ1v) is 8.08. The summed E-state index contributed by atoms with van der Waals surface area (Å²) >= 11 is 0. The van der Waals surface area contributed by atoms with Gasteiger partial charge in [0.2, 0.25) is 5.91 Å². The Balaban J connectivity index is 2.06. The second-order valence-corrected chi connectivity index (χ2v) is 6.74. The summed E-state index contributed by atoms with van der Waals surface area (Å²) in [5.41, 5.74) is 1.22. The van der Waals surface area contributed by atoms with Gasteiger partial charge >= 0.3 is 0 Å². The van der Waals surface area contributed by atoms with Crippen molar-refractivity contribution in [3.63, 3.8) is 0 Å². The van der Waals surface area contributed by atoms with Crippen molar-refractivity contribution in [2.45, 2.75) is 26.2 Å². The minimum Gasteiger partial charge on any atom is -0.493 e. The van der Waals surface area contributed by atoms with Gasteiger partial charge in [-0.05, 0) is 17.7 Å². The Hall–Kier alpha value is -1.75. The van der Waals surface area contributed by atoms with Gasteiger partial charge in [-0.25, -0.2) is 0 Å². The van der Waals surface area contributed by atoms with Crippen molar-refractivity contribution in [3.05, 3.63) is 23.8 Å².